The molecule has 17 heavy (non-hydrogen) atoms. The molecule has 0 saturated heterocycles. The van der Waals surface area contributed by atoms with Crippen LogP contribution in [0.15, 0.2) is 11.1 Å². The molecule has 1 fully saturated rings. The summed E-state index contributed by atoms with van der Waals surface area (Å²) in [7, 11) is 0. The number of esters is 1. The number of rotatable bonds is 3. The average molecular weight is 236 g/mol. The van der Waals surface area contributed by atoms with Gasteiger partial charge in [0.05, 0.1) is 0 Å². The highest BCUT2D eigenvalue weighted by Crippen LogP contribution is 2.49. The van der Waals surface area contributed by atoms with Crippen LogP contribution in [0.4, 0.5) is 0 Å². The topological polar surface area (TPSA) is 26.3 Å². The molecule has 96 valence electrons. The van der Waals surface area contributed by atoms with Gasteiger partial charge in [0.2, 0.25) is 0 Å². The fourth-order valence-corrected chi connectivity index (χ4v) is 3.77. The van der Waals surface area contributed by atoms with Gasteiger partial charge in [-0.1, -0.05) is 33.6 Å². The predicted molar refractivity (Wildman–Crippen MR) is 68.6 cm³/mol. The molecule has 2 nitrogen and oxygen atoms in total. The summed E-state index contributed by atoms with van der Waals surface area (Å²) in [6.45, 7) is 8.84. The van der Waals surface area contributed by atoms with Crippen molar-refractivity contribution in [2.75, 3.05) is 0 Å². The highest BCUT2D eigenvalue weighted by molar-refractivity contribution is 5.91. The Morgan fingerprint density at radius 3 is 2.65 bits per heavy atom. The van der Waals surface area contributed by atoms with Crippen LogP contribution in [-0.2, 0) is 9.53 Å². The molecule has 2 unspecified atom stereocenters. The Labute approximate surface area is 104 Å². The highest BCUT2D eigenvalue weighted by Gasteiger charge is 2.44. The van der Waals surface area contributed by atoms with Crippen molar-refractivity contribution < 1.29 is 9.53 Å². The Kier molecular flexibility index (Phi) is 3.33. The monoisotopic (exact) mass is 236 g/mol. The lowest BCUT2D eigenvalue weighted by atomic mass is 9.63. The fraction of sp³-hybridized carbons (Fsp3) is 0.800. The summed E-state index contributed by atoms with van der Waals surface area (Å²) in [4.78, 5) is 11.6. The van der Waals surface area contributed by atoms with Gasteiger partial charge in [-0.2, -0.15) is 0 Å². The fourth-order valence-electron chi connectivity index (χ4n) is 3.77. The maximum Gasteiger partial charge on any atom is 0.334 e. The van der Waals surface area contributed by atoms with Crippen molar-refractivity contribution in [3.63, 3.8) is 0 Å². The first-order valence-electron chi connectivity index (χ1n) is 6.92. The van der Waals surface area contributed by atoms with Crippen LogP contribution in [-0.4, -0.2) is 12.1 Å². The molecule has 0 N–H and O–H groups in total. The van der Waals surface area contributed by atoms with E-state index in [0.29, 0.717) is 5.41 Å². The van der Waals surface area contributed by atoms with Crippen LogP contribution >= 0.6 is 0 Å². The molecule has 2 aliphatic rings. The molecule has 2 heteroatoms. The second-order valence-electron chi connectivity index (χ2n) is 5.92. The average Bonchev–Trinajstić information content (AvgIpc) is 2.55. The third kappa shape index (κ3) is 2.02. The molecule has 0 aromatic carbocycles. The van der Waals surface area contributed by atoms with Crippen LogP contribution in [0, 0.1) is 11.3 Å². The first kappa shape index (κ1) is 12.7. The van der Waals surface area contributed by atoms with Gasteiger partial charge in [-0.15, -0.1) is 0 Å². The summed E-state index contributed by atoms with van der Waals surface area (Å²) < 4.78 is 5.50. The van der Waals surface area contributed by atoms with Crippen LogP contribution < -0.4 is 0 Å². The summed E-state index contributed by atoms with van der Waals surface area (Å²) >= 11 is 0. The lowest BCUT2D eigenvalue weighted by molar-refractivity contribution is -0.141. The van der Waals surface area contributed by atoms with E-state index in [2.05, 4.69) is 20.8 Å². The molecule has 1 aliphatic carbocycles. The molecule has 1 heterocycles. The van der Waals surface area contributed by atoms with Crippen LogP contribution in [0.25, 0.3) is 0 Å². The quantitative estimate of drug-likeness (QED) is 0.696. The highest BCUT2D eigenvalue weighted by atomic mass is 16.5. The van der Waals surface area contributed by atoms with Crippen molar-refractivity contribution in [3.8, 4) is 0 Å². The minimum atomic E-state index is -0.0844. The summed E-state index contributed by atoms with van der Waals surface area (Å²) in [5.41, 5.74) is 2.50. The molecule has 1 aliphatic heterocycles. The van der Waals surface area contributed by atoms with Gasteiger partial charge in [-0.25, -0.2) is 4.79 Å². The van der Waals surface area contributed by atoms with Gasteiger partial charge >= 0.3 is 5.97 Å². The molecule has 0 spiro atoms. The first-order valence-corrected chi connectivity index (χ1v) is 6.92. The smallest absolute Gasteiger partial charge is 0.334 e. The van der Waals surface area contributed by atoms with E-state index in [1.165, 1.54) is 24.8 Å². The minimum Gasteiger partial charge on any atom is -0.454 e. The third-order valence-electron chi connectivity index (χ3n) is 5.01. The van der Waals surface area contributed by atoms with Crippen molar-refractivity contribution in [3.05, 3.63) is 11.1 Å². The van der Waals surface area contributed by atoms with Crippen molar-refractivity contribution >= 4 is 5.97 Å². The Hall–Kier alpha value is -0.790. The van der Waals surface area contributed by atoms with Gasteiger partial charge < -0.3 is 4.74 Å². The molecule has 0 bridgehead atoms. The zero-order valence-corrected chi connectivity index (χ0v) is 11.5. The van der Waals surface area contributed by atoms with Crippen LogP contribution in [0.5, 0.6) is 0 Å². The first-order chi connectivity index (χ1) is 8.01. The van der Waals surface area contributed by atoms with Crippen LogP contribution in [0.3, 0.4) is 0 Å². The number of ether oxygens (including phenoxy) is 1. The van der Waals surface area contributed by atoms with E-state index >= 15 is 0 Å². The molecular weight excluding hydrogens is 212 g/mol. The maximum absolute atomic E-state index is 11.6. The van der Waals surface area contributed by atoms with Crippen LogP contribution in [0.1, 0.15) is 59.8 Å². The number of hydrogen-bond acceptors (Lipinski definition) is 2. The van der Waals surface area contributed by atoms with E-state index < -0.39 is 0 Å². The third-order valence-corrected chi connectivity index (χ3v) is 5.01. The van der Waals surface area contributed by atoms with E-state index in [4.69, 9.17) is 4.74 Å². The molecule has 1 saturated carbocycles. The van der Waals surface area contributed by atoms with Gasteiger partial charge in [0.1, 0.15) is 6.10 Å². The van der Waals surface area contributed by atoms with Crippen molar-refractivity contribution in [1.29, 1.82) is 0 Å². The van der Waals surface area contributed by atoms with Gasteiger partial charge in [-0.3, -0.25) is 0 Å². The predicted octanol–water partition coefficient (Wildman–Crippen LogP) is 3.85. The lowest BCUT2D eigenvalue weighted by Gasteiger charge is -2.42. The largest absolute Gasteiger partial charge is 0.454 e. The molecule has 0 radical (unpaired) electrons. The molecule has 2 atom stereocenters. The number of fused-ring (bicyclic) bond motifs is 1. The van der Waals surface area contributed by atoms with Crippen molar-refractivity contribution in [2.24, 2.45) is 11.3 Å². The summed E-state index contributed by atoms with van der Waals surface area (Å²) in [5.74, 6) is 0.669. The Bertz CT molecular complexity index is 352. The minimum absolute atomic E-state index is 0.0844. The van der Waals surface area contributed by atoms with Crippen LogP contribution in [0.2, 0.25) is 0 Å². The zero-order valence-electron chi connectivity index (χ0n) is 11.5. The number of hydrogen-bond donors (Lipinski definition) is 0. The van der Waals surface area contributed by atoms with Gasteiger partial charge in [0.25, 0.3) is 0 Å². The second-order valence-corrected chi connectivity index (χ2v) is 5.92. The van der Waals surface area contributed by atoms with E-state index in [9.17, 15) is 4.79 Å². The SMILES string of the molecule is CCC(CC)C1(C)CCC2=C(C)C(=O)OC2C1. The normalized spacial score (nSPS) is 33.0. The zero-order chi connectivity index (χ0) is 12.6. The second kappa shape index (κ2) is 4.47. The Morgan fingerprint density at radius 2 is 2.06 bits per heavy atom. The molecule has 0 amide bonds. The molecular formula is C15H24O2. The number of carbonyl (C=O) groups is 1. The summed E-state index contributed by atoms with van der Waals surface area (Å²) in [6.07, 6.45) is 5.82. The Morgan fingerprint density at radius 1 is 1.41 bits per heavy atom. The van der Waals surface area contributed by atoms with Gasteiger partial charge in [0.15, 0.2) is 0 Å². The standard InChI is InChI=1S/C15H24O2/c1-5-11(6-2)15(4)8-7-12-10(3)14(16)17-13(12)9-15/h11,13H,5-9H2,1-4H3. The van der Waals surface area contributed by atoms with Crippen molar-refractivity contribution in [1.82, 2.24) is 0 Å². The van der Waals surface area contributed by atoms with E-state index in [-0.39, 0.29) is 12.1 Å². The molecule has 0 aromatic heterocycles. The lowest BCUT2D eigenvalue weighted by Crippen LogP contribution is -2.36. The summed E-state index contributed by atoms with van der Waals surface area (Å²) in [6, 6.07) is 0. The number of carbonyl (C=O) groups excluding carboxylic acids is 1. The van der Waals surface area contributed by atoms with Gasteiger partial charge in [-0.05, 0) is 43.1 Å². The molecule has 0 aromatic rings. The Balaban J connectivity index is 2.17. The van der Waals surface area contributed by atoms with E-state index in [1.807, 2.05) is 6.92 Å². The molecule has 2 rings (SSSR count). The van der Waals surface area contributed by atoms with E-state index in [0.717, 1.165) is 24.3 Å². The van der Waals surface area contributed by atoms with Gasteiger partial charge in [0, 0.05) is 5.57 Å². The maximum atomic E-state index is 11.6. The van der Waals surface area contributed by atoms with E-state index in [1.54, 1.807) is 0 Å². The summed E-state index contributed by atoms with van der Waals surface area (Å²) in [5, 5.41) is 0. The van der Waals surface area contributed by atoms with Crippen molar-refractivity contribution in [2.45, 2.75) is 65.9 Å².